The Labute approximate surface area is 168 Å². The smallest absolute Gasteiger partial charge is 0.318 e. The number of hydrogen-bond donors (Lipinski definition) is 1. The second-order valence-electron chi connectivity index (χ2n) is 5.95. The van der Waals surface area contributed by atoms with Gasteiger partial charge >= 0.3 is 11.6 Å². The van der Waals surface area contributed by atoms with Gasteiger partial charge < -0.3 is 9.15 Å². The molecule has 30 heavy (non-hydrogen) atoms. The van der Waals surface area contributed by atoms with Crippen molar-refractivity contribution in [3.63, 3.8) is 0 Å². The van der Waals surface area contributed by atoms with Gasteiger partial charge in [-0.25, -0.2) is 5.43 Å². The number of nitrogens with zero attached hydrogens (tertiary/aromatic N) is 3. The van der Waals surface area contributed by atoms with Crippen LogP contribution in [0.2, 0.25) is 0 Å². The number of rotatable bonds is 7. The summed E-state index contributed by atoms with van der Waals surface area (Å²) >= 11 is 0. The molecule has 3 rings (SSSR count). The van der Waals surface area contributed by atoms with Crippen LogP contribution in [-0.2, 0) is 0 Å². The molecule has 11 nitrogen and oxygen atoms in total. The van der Waals surface area contributed by atoms with Crippen LogP contribution in [0.25, 0.3) is 0 Å². The quantitative estimate of drug-likeness (QED) is 0.352. The Balaban J connectivity index is 1.67. The van der Waals surface area contributed by atoms with Crippen LogP contribution in [0.1, 0.15) is 21.9 Å². The minimum Gasteiger partial charge on any atom is -0.456 e. The average Bonchev–Trinajstić information content (AvgIpc) is 3.15. The summed E-state index contributed by atoms with van der Waals surface area (Å²) in [7, 11) is 0. The molecule has 1 heterocycles. The third-order valence-electron chi connectivity index (χ3n) is 3.80. The van der Waals surface area contributed by atoms with Crippen LogP contribution in [0.4, 0.5) is 11.4 Å². The predicted octanol–water partition coefficient (Wildman–Crippen LogP) is 3.96. The lowest BCUT2D eigenvalue weighted by atomic mass is 10.2. The average molecular weight is 410 g/mol. The standard InChI is InChI=1S/C19H14N4O7/c1-12-2-8-18(29-12)19(24)21-20-11-13-3-6-15(7-4-13)30-17-9-5-14(22(25)26)10-16(17)23(27)28/h2-11H,1H3,(H,21,24)/b20-11-. The van der Waals surface area contributed by atoms with Crippen LogP contribution < -0.4 is 10.2 Å². The molecule has 0 aliphatic carbocycles. The van der Waals surface area contributed by atoms with E-state index < -0.39 is 27.1 Å². The monoisotopic (exact) mass is 410 g/mol. The van der Waals surface area contributed by atoms with Crippen LogP contribution in [0.3, 0.4) is 0 Å². The van der Waals surface area contributed by atoms with Crippen molar-refractivity contribution in [3.05, 3.63) is 91.9 Å². The summed E-state index contributed by atoms with van der Waals surface area (Å²) in [5.41, 5.74) is 2.01. The van der Waals surface area contributed by atoms with E-state index in [4.69, 9.17) is 9.15 Å². The van der Waals surface area contributed by atoms with Gasteiger partial charge in [0.2, 0.25) is 5.75 Å². The van der Waals surface area contributed by atoms with Crippen molar-refractivity contribution in [1.82, 2.24) is 5.43 Å². The first-order valence-electron chi connectivity index (χ1n) is 8.44. The molecule has 3 aromatic rings. The molecule has 0 unspecified atom stereocenters. The van der Waals surface area contributed by atoms with Gasteiger partial charge in [-0.15, -0.1) is 0 Å². The van der Waals surface area contributed by atoms with Gasteiger partial charge in [0.05, 0.1) is 22.1 Å². The third-order valence-corrected chi connectivity index (χ3v) is 3.80. The zero-order valence-electron chi connectivity index (χ0n) is 15.5. The van der Waals surface area contributed by atoms with Crippen molar-refractivity contribution in [2.45, 2.75) is 6.92 Å². The molecule has 0 saturated carbocycles. The minimum absolute atomic E-state index is 0.131. The molecule has 0 aliphatic rings. The maximum Gasteiger partial charge on any atom is 0.318 e. The molecular formula is C19H14N4O7. The number of hydrogen-bond acceptors (Lipinski definition) is 8. The van der Waals surface area contributed by atoms with E-state index in [1.54, 1.807) is 25.1 Å². The molecule has 0 spiro atoms. The van der Waals surface area contributed by atoms with E-state index in [9.17, 15) is 25.0 Å². The molecule has 0 fully saturated rings. The summed E-state index contributed by atoms with van der Waals surface area (Å²) < 4.78 is 10.7. The van der Waals surface area contributed by atoms with Crippen molar-refractivity contribution in [2.24, 2.45) is 5.10 Å². The number of aryl methyl sites for hydroxylation is 1. The fourth-order valence-electron chi connectivity index (χ4n) is 2.37. The number of amides is 1. The summed E-state index contributed by atoms with van der Waals surface area (Å²) in [6.07, 6.45) is 1.39. The van der Waals surface area contributed by atoms with Crippen molar-refractivity contribution in [2.75, 3.05) is 0 Å². The molecule has 0 radical (unpaired) electrons. The van der Waals surface area contributed by atoms with Gasteiger partial charge in [0, 0.05) is 6.07 Å². The van der Waals surface area contributed by atoms with E-state index >= 15 is 0 Å². The molecule has 0 saturated heterocycles. The third kappa shape index (κ3) is 4.84. The number of non-ortho nitro benzene ring substituents is 1. The lowest BCUT2D eigenvalue weighted by molar-refractivity contribution is -0.394. The highest BCUT2D eigenvalue weighted by Crippen LogP contribution is 2.34. The second kappa shape index (κ2) is 8.65. The number of nitro groups is 2. The van der Waals surface area contributed by atoms with Crippen molar-refractivity contribution < 1.29 is 23.8 Å². The Bertz CT molecular complexity index is 1140. The molecule has 11 heteroatoms. The number of nitrogens with one attached hydrogen (secondary N) is 1. The molecular weight excluding hydrogens is 396 g/mol. The summed E-state index contributed by atoms with van der Waals surface area (Å²) in [6.45, 7) is 1.72. The zero-order chi connectivity index (χ0) is 21.7. The van der Waals surface area contributed by atoms with E-state index in [2.05, 4.69) is 10.5 Å². The normalized spacial score (nSPS) is 10.7. The Hall–Kier alpha value is -4.54. The largest absolute Gasteiger partial charge is 0.456 e. The molecule has 0 bridgehead atoms. The van der Waals surface area contributed by atoms with E-state index in [1.807, 2.05) is 0 Å². The van der Waals surface area contributed by atoms with Gasteiger partial charge in [0.1, 0.15) is 11.5 Å². The predicted molar refractivity (Wildman–Crippen MR) is 105 cm³/mol. The molecule has 1 amide bonds. The van der Waals surface area contributed by atoms with Gasteiger partial charge in [0.15, 0.2) is 5.76 Å². The number of carbonyl (C=O) groups excluding carboxylic acids is 1. The van der Waals surface area contributed by atoms with Crippen molar-refractivity contribution in [1.29, 1.82) is 0 Å². The summed E-state index contributed by atoms with van der Waals surface area (Å²) in [5.74, 6) is 0.392. The van der Waals surface area contributed by atoms with Crippen molar-refractivity contribution in [3.8, 4) is 11.5 Å². The fraction of sp³-hybridized carbons (Fsp3) is 0.0526. The van der Waals surface area contributed by atoms with E-state index in [1.165, 1.54) is 24.4 Å². The Kier molecular flexibility index (Phi) is 5.82. The lowest BCUT2D eigenvalue weighted by Crippen LogP contribution is -2.16. The van der Waals surface area contributed by atoms with Gasteiger partial charge in [0.25, 0.3) is 5.69 Å². The van der Waals surface area contributed by atoms with E-state index in [0.29, 0.717) is 11.3 Å². The number of hydrazone groups is 1. The fourth-order valence-corrected chi connectivity index (χ4v) is 2.37. The van der Waals surface area contributed by atoms with Crippen LogP contribution in [0.5, 0.6) is 11.5 Å². The molecule has 1 N–H and O–H groups in total. The van der Waals surface area contributed by atoms with E-state index in [-0.39, 0.29) is 17.3 Å². The molecule has 2 aromatic carbocycles. The number of carbonyl (C=O) groups is 1. The summed E-state index contributed by atoms with van der Waals surface area (Å²) in [4.78, 5) is 32.3. The maximum atomic E-state index is 11.8. The Morgan fingerprint density at radius 2 is 1.80 bits per heavy atom. The summed E-state index contributed by atoms with van der Waals surface area (Å²) in [6, 6.07) is 12.6. The highest BCUT2D eigenvalue weighted by atomic mass is 16.6. The van der Waals surface area contributed by atoms with Gasteiger partial charge in [-0.1, -0.05) is 0 Å². The Morgan fingerprint density at radius 3 is 2.40 bits per heavy atom. The molecule has 0 atom stereocenters. The van der Waals surface area contributed by atoms with Gasteiger partial charge in [-0.05, 0) is 55.0 Å². The first kappa shape index (κ1) is 20.2. The SMILES string of the molecule is Cc1ccc(C(=O)N/N=C\c2ccc(Oc3ccc([N+](=O)[O-])cc3[N+](=O)[O-])cc2)o1. The van der Waals surface area contributed by atoms with E-state index in [0.717, 1.165) is 18.2 Å². The number of benzene rings is 2. The highest BCUT2D eigenvalue weighted by Gasteiger charge is 2.21. The van der Waals surface area contributed by atoms with Gasteiger partial charge in [-0.3, -0.25) is 25.0 Å². The first-order chi connectivity index (χ1) is 14.3. The number of nitro benzene ring substituents is 2. The molecule has 152 valence electrons. The topological polar surface area (TPSA) is 150 Å². The van der Waals surface area contributed by atoms with Crippen molar-refractivity contribution >= 4 is 23.5 Å². The minimum atomic E-state index is -0.757. The molecule has 0 aliphatic heterocycles. The Morgan fingerprint density at radius 1 is 1.07 bits per heavy atom. The van der Waals surface area contributed by atoms with Crippen LogP contribution >= 0.6 is 0 Å². The zero-order valence-corrected chi connectivity index (χ0v) is 15.5. The van der Waals surface area contributed by atoms with Crippen LogP contribution in [0.15, 0.2) is 64.1 Å². The number of furan rings is 1. The maximum absolute atomic E-state index is 11.8. The second-order valence-corrected chi connectivity index (χ2v) is 5.95. The number of ether oxygens (including phenoxy) is 1. The van der Waals surface area contributed by atoms with Crippen LogP contribution in [0, 0.1) is 27.2 Å². The summed E-state index contributed by atoms with van der Waals surface area (Å²) in [5, 5.41) is 25.8. The highest BCUT2D eigenvalue weighted by molar-refractivity contribution is 5.92. The first-order valence-corrected chi connectivity index (χ1v) is 8.44. The van der Waals surface area contributed by atoms with Crippen LogP contribution in [-0.4, -0.2) is 22.0 Å². The molecule has 1 aromatic heterocycles. The lowest BCUT2D eigenvalue weighted by Gasteiger charge is -2.06. The van der Waals surface area contributed by atoms with Gasteiger partial charge in [-0.2, -0.15) is 5.10 Å².